The Balaban J connectivity index is 3.64. The summed E-state index contributed by atoms with van der Waals surface area (Å²) in [6.45, 7) is -1.47. The van der Waals surface area contributed by atoms with Crippen LogP contribution in [-0.4, -0.2) is 5.11 Å². The smallest absolute Gasteiger partial charge is 0.392 e. The molecule has 1 aromatic carbocycles. The van der Waals surface area contributed by atoms with Crippen LogP contribution in [0.3, 0.4) is 0 Å². The van der Waals surface area contributed by atoms with E-state index in [-0.39, 0.29) is 12.1 Å². The van der Waals surface area contributed by atoms with Gasteiger partial charge in [0.25, 0.3) is 0 Å². The average Bonchev–Trinajstić information content (AvgIpc) is 2.13. The van der Waals surface area contributed by atoms with Crippen LogP contribution in [0.4, 0.5) is 30.7 Å². The first kappa shape index (κ1) is 13.8. The Kier molecular flexibility index (Phi) is 3.37. The predicted molar refractivity (Wildman–Crippen MR) is 42.3 cm³/mol. The maximum atomic E-state index is 12.9. The Bertz CT molecular complexity index is 419. The molecule has 0 aromatic heterocycles. The first-order valence-electron chi connectivity index (χ1n) is 4.15. The molecule has 0 atom stereocenters. The molecular weight excluding hydrogens is 257 g/mol. The van der Waals surface area contributed by atoms with E-state index >= 15 is 0 Å². The minimum absolute atomic E-state index is 0.00266. The van der Waals surface area contributed by atoms with Gasteiger partial charge in [-0.15, -0.1) is 0 Å². The number of aliphatic hydroxyl groups is 1. The highest BCUT2D eigenvalue weighted by molar-refractivity contribution is 5.40. The third kappa shape index (κ3) is 2.68. The number of halogens is 7. The number of hydrogen-bond acceptors (Lipinski definition) is 1. The van der Waals surface area contributed by atoms with E-state index in [0.717, 1.165) is 0 Å². The lowest BCUT2D eigenvalue weighted by Gasteiger charge is -2.18. The normalized spacial score (nSPS) is 12.9. The lowest BCUT2D eigenvalue weighted by atomic mass is 10.00. The summed E-state index contributed by atoms with van der Waals surface area (Å²) in [6.07, 6.45) is -10.7. The van der Waals surface area contributed by atoms with Gasteiger partial charge in [0.05, 0.1) is 17.7 Å². The quantitative estimate of drug-likeness (QED) is 0.769. The molecule has 0 spiro atoms. The van der Waals surface area contributed by atoms with Gasteiger partial charge in [0.1, 0.15) is 5.82 Å². The van der Waals surface area contributed by atoms with Crippen LogP contribution < -0.4 is 0 Å². The largest absolute Gasteiger partial charge is 0.417 e. The van der Waals surface area contributed by atoms with Crippen molar-refractivity contribution in [1.29, 1.82) is 0 Å². The second kappa shape index (κ2) is 4.17. The van der Waals surface area contributed by atoms with Gasteiger partial charge >= 0.3 is 12.4 Å². The van der Waals surface area contributed by atoms with E-state index in [1.165, 1.54) is 0 Å². The third-order valence-electron chi connectivity index (χ3n) is 2.00. The molecule has 0 saturated heterocycles. The molecule has 0 radical (unpaired) electrons. The average molecular weight is 262 g/mol. The molecule has 1 nitrogen and oxygen atoms in total. The summed E-state index contributed by atoms with van der Waals surface area (Å²) in [6, 6.07) is 0.237. The minimum Gasteiger partial charge on any atom is -0.392 e. The van der Waals surface area contributed by atoms with Gasteiger partial charge in [-0.25, -0.2) is 4.39 Å². The molecule has 0 saturated carbocycles. The van der Waals surface area contributed by atoms with E-state index in [4.69, 9.17) is 5.11 Å². The highest BCUT2D eigenvalue weighted by atomic mass is 19.4. The van der Waals surface area contributed by atoms with Crippen LogP contribution in [0.25, 0.3) is 0 Å². The molecular formula is C9H5F7O. The highest BCUT2D eigenvalue weighted by Crippen LogP contribution is 2.42. The van der Waals surface area contributed by atoms with Crippen molar-refractivity contribution < 1.29 is 35.8 Å². The Morgan fingerprint density at radius 2 is 1.47 bits per heavy atom. The zero-order chi connectivity index (χ0) is 13.4. The molecule has 17 heavy (non-hydrogen) atoms. The van der Waals surface area contributed by atoms with Gasteiger partial charge in [-0.3, -0.25) is 0 Å². The van der Waals surface area contributed by atoms with Crippen LogP contribution in [0.5, 0.6) is 0 Å². The molecule has 0 heterocycles. The summed E-state index contributed by atoms with van der Waals surface area (Å²) in [4.78, 5) is 0. The summed E-state index contributed by atoms with van der Waals surface area (Å²) >= 11 is 0. The molecule has 0 fully saturated rings. The fourth-order valence-electron chi connectivity index (χ4n) is 1.34. The van der Waals surface area contributed by atoms with Gasteiger partial charge in [0.15, 0.2) is 0 Å². The molecule has 0 aliphatic heterocycles. The SMILES string of the molecule is OCc1c(F)ccc(C(F)(F)F)c1C(F)(F)F. The summed E-state index contributed by atoms with van der Waals surface area (Å²) in [5.41, 5.74) is -5.62. The Hall–Kier alpha value is -1.31. The van der Waals surface area contributed by atoms with Crippen molar-refractivity contribution in [2.45, 2.75) is 19.0 Å². The third-order valence-corrected chi connectivity index (χ3v) is 2.00. The van der Waals surface area contributed by atoms with E-state index < -0.39 is 41.5 Å². The number of aliphatic hydroxyl groups excluding tert-OH is 1. The number of alkyl halides is 6. The Labute approximate surface area is 90.5 Å². The van der Waals surface area contributed by atoms with Crippen molar-refractivity contribution in [1.82, 2.24) is 0 Å². The van der Waals surface area contributed by atoms with Crippen LogP contribution in [0.1, 0.15) is 16.7 Å². The van der Waals surface area contributed by atoms with Crippen LogP contribution in [0, 0.1) is 5.82 Å². The van der Waals surface area contributed by atoms with Crippen LogP contribution in [0.2, 0.25) is 0 Å². The van der Waals surface area contributed by atoms with Crippen molar-refractivity contribution in [3.8, 4) is 0 Å². The summed E-state index contributed by atoms with van der Waals surface area (Å²) in [5, 5.41) is 8.55. The maximum absolute atomic E-state index is 12.9. The molecule has 1 aromatic rings. The molecule has 0 amide bonds. The monoisotopic (exact) mass is 262 g/mol. The number of rotatable bonds is 1. The van der Waals surface area contributed by atoms with E-state index in [0.29, 0.717) is 0 Å². The molecule has 0 aliphatic carbocycles. The minimum atomic E-state index is -5.40. The molecule has 0 unspecified atom stereocenters. The first-order valence-corrected chi connectivity index (χ1v) is 4.15. The highest BCUT2D eigenvalue weighted by Gasteiger charge is 2.45. The van der Waals surface area contributed by atoms with Crippen LogP contribution in [0.15, 0.2) is 12.1 Å². The first-order chi connectivity index (χ1) is 7.59. The Morgan fingerprint density at radius 1 is 0.941 bits per heavy atom. The zero-order valence-electron chi connectivity index (χ0n) is 7.95. The Morgan fingerprint density at radius 3 is 1.82 bits per heavy atom. The van der Waals surface area contributed by atoms with Crippen molar-refractivity contribution in [3.63, 3.8) is 0 Å². The van der Waals surface area contributed by atoms with Crippen LogP contribution in [-0.2, 0) is 19.0 Å². The van der Waals surface area contributed by atoms with Crippen LogP contribution >= 0.6 is 0 Å². The van der Waals surface area contributed by atoms with Crippen molar-refractivity contribution in [3.05, 3.63) is 34.6 Å². The van der Waals surface area contributed by atoms with E-state index in [2.05, 4.69) is 0 Å². The molecule has 1 N–H and O–H groups in total. The molecule has 0 bridgehead atoms. The zero-order valence-corrected chi connectivity index (χ0v) is 7.95. The lowest BCUT2D eigenvalue weighted by Crippen LogP contribution is -2.20. The van der Waals surface area contributed by atoms with E-state index in [1.54, 1.807) is 0 Å². The molecule has 8 heteroatoms. The molecule has 0 aliphatic rings. The van der Waals surface area contributed by atoms with Gasteiger partial charge in [0.2, 0.25) is 0 Å². The van der Waals surface area contributed by atoms with Gasteiger partial charge in [-0.2, -0.15) is 26.3 Å². The van der Waals surface area contributed by atoms with Crippen molar-refractivity contribution in [2.75, 3.05) is 0 Å². The standard InChI is InChI=1S/C9H5F7O/c10-6-2-1-5(8(11,12)13)7(4(6)3-17)9(14,15)16/h1-2,17H,3H2. The van der Waals surface area contributed by atoms with Gasteiger partial charge in [-0.1, -0.05) is 0 Å². The number of benzene rings is 1. The molecule has 1 rings (SSSR count). The topological polar surface area (TPSA) is 20.2 Å². The van der Waals surface area contributed by atoms with Gasteiger partial charge in [-0.05, 0) is 12.1 Å². The molecule has 96 valence electrons. The lowest BCUT2D eigenvalue weighted by molar-refractivity contribution is -0.163. The summed E-state index contributed by atoms with van der Waals surface area (Å²) in [5.74, 6) is -1.53. The van der Waals surface area contributed by atoms with E-state index in [9.17, 15) is 30.7 Å². The fourth-order valence-corrected chi connectivity index (χ4v) is 1.34. The predicted octanol–water partition coefficient (Wildman–Crippen LogP) is 3.36. The second-order valence-corrected chi connectivity index (χ2v) is 3.10. The second-order valence-electron chi connectivity index (χ2n) is 3.10. The van der Waals surface area contributed by atoms with Gasteiger partial charge < -0.3 is 5.11 Å². The maximum Gasteiger partial charge on any atom is 0.417 e. The van der Waals surface area contributed by atoms with Crippen molar-refractivity contribution >= 4 is 0 Å². The van der Waals surface area contributed by atoms with Gasteiger partial charge in [0, 0.05) is 5.56 Å². The van der Waals surface area contributed by atoms with E-state index in [1.807, 2.05) is 0 Å². The van der Waals surface area contributed by atoms with Crippen molar-refractivity contribution in [2.24, 2.45) is 0 Å². The summed E-state index contributed by atoms with van der Waals surface area (Å²) < 4.78 is 87.2. The number of hydrogen-bond donors (Lipinski definition) is 1. The summed E-state index contributed by atoms with van der Waals surface area (Å²) in [7, 11) is 0. The fraction of sp³-hybridized carbons (Fsp3) is 0.333.